The quantitative estimate of drug-likeness (QED) is 0.617. The highest BCUT2D eigenvalue weighted by molar-refractivity contribution is 6.11. The Bertz CT molecular complexity index is 771. The number of benzene rings is 1. The second-order valence-electron chi connectivity index (χ2n) is 6.17. The minimum Gasteiger partial charge on any atom is -0.292 e. The smallest absolute Gasteiger partial charge is 0.235 e. The van der Waals surface area contributed by atoms with Crippen LogP contribution in [0.2, 0.25) is 0 Å². The molecule has 4 rings (SSSR count). The van der Waals surface area contributed by atoms with Crippen molar-refractivity contribution in [2.45, 2.75) is 19.0 Å². The van der Waals surface area contributed by atoms with Gasteiger partial charge in [-0.3, -0.25) is 24.3 Å². The standard InChI is InChI=1S/C18H17N3O3/c1-2-20-17(23)13-12-9-6-10-19-21(12)15(14(13)18(20)24)16(22)11-7-4-3-5-8-11/h3-10,12-15H,2H2,1H3/t12-,13+,14+,15+/m1/s1. The molecule has 2 fully saturated rings. The van der Waals surface area contributed by atoms with E-state index in [-0.39, 0.29) is 23.6 Å². The predicted molar refractivity (Wildman–Crippen MR) is 87.2 cm³/mol. The number of imide groups is 1. The van der Waals surface area contributed by atoms with Crippen LogP contribution in [0.4, 0.5) is 0 Å². The number of hydrazone groups is 1. The number of ketones is 1. The summed E-state index contributed by atoms with van der Waals surface area (Å²) in [7, 11) is 0. The summed E-state index contributed by atoms with van der Waals surface area (Å²) in [5.41, 5.74) is 0.529. The number of rotatable bonds is 3. The lowest BCUT2D eigenvalue weighted by atomic mass is 9.86. The maximum Gasteiger partial charge on any atom is 0.235 e. The van der Waals surface area contributed by atoms with Crippen molar-refractivity contribution < 1.29 is 14.4 Å². The Morgan fingerprint density at radius 2 is 1.83 bits per heavy atom. The molecule has 3 aliphatic rings. The molecule has 0 bridgehead atoms. The molecule has 4 atom stereocenters. The van der Waals surface area contributed by atoms with Gasteiger partial charge >= 0.3 is 0 Å². The largest absolute Gasteiger partial charge is 0.292 e. The molecule has 0 saturated carbocycles. The number of amides is 2. The van der Waals surface area contributed by atoms with Crippen LogP contribution in [0.25, 0.3) is 0 Å². The van der Waals surface area contributed by atoms with Crippen molar-refractivity contribution in [2.75, 3.05) is 6.54 Å². The van der Waals surface area contributed by atoms with Gasteiger partial charge in [-0.2, -0.15) is 5.10 Å². The van der Waals surface area contributed by atoms with Crippen LogP contribution >= 0.6 is 0 Å². The van der Waals surface area contributed by atoms with Gasteiger partial charge in [-0.25, -0.2) is 0 Å². The highest BCUT2D eigenvalue weighted by Crippen LogP contribution is 2.44. The van der Waals surface area contributed by atoms with Crippen LogP contribution in [0, 0.1) is 11.8 Å². The summed E-state index contributed by atoms with van der Waals surface area (Å²) in [6.45, 7) is 2.11. The number of hydrogen-bond donors (Lipinski definition) is 0. The lowest BCUT2D eigenvalue weighted by molar-refractivity contribution is -0.141. The molecule has 1 aromatic carbocycles. The molecule has 122 valence electrons. The summed E-state index contributed by atoms with van der Waals surface area (Å²) < 4.78 is 0. The van der Waals surface area contributed by atoms with Crippen LogP contribution in [-0.2, 0) is 9.59 Å². The number of carbonyl (C=O) groups is 3. The molecule has 0 spiro atoms. The third-order valence-corrected chi connectivity index (χ3v) is 5.03. The first-order valence-corrected chi connectivity index (χ1v) is 8.08. The average molecular weight is 323 g/mol. The van der Waals surface area contributed by atoms with Crippen LogP contribution in [0.5, 0.6) is 0 Å². The van der Waals surface area contributed by atoms with Crippen LogP contribution < -0.4 is 0 Å². The molecule has 24 heavy (non-hydrogen) atoms. The fourth-order valence-electron chi connectivity index (χ4n) is 3.98. The fourth-order valence-corrected chi connectivity index (χ4v) is 3.98. The van der Waals surface area contributed by atoms with Crippen molar-refractivity contribution in [3.63, 3.8) is 0 Å². The maximum absolute atomic E-state index is 13.1. The molecule has 1 aromatic rings. The van der Waals surface area contributed by atoms with E-state index in [1.165, 1.54) is 4.90 Å². The second-order valence-corrected chi connectivity index (χ2v) is 6.17. The number of fused-ring (bicyclic) bond motifs is 3. The van der Waals surface area contributed by atoms with Crippen molar-refractivity contribution in [1.82, 2.24) is 9.91 Å². The van der Waals surface area contributed by atoms with Crippen molar-refractivity contribution in [3.05, 3.63) is 48.0 Å². The van der Waals surface area contributed by atoms with Gasteiger partial charge in [0.05, 0.1) is 17.9 Å². The van der Waals surface area contributed by atoms with Gasteiger partial charge in [0, 0.05) is 18.3 Å². The second kappa shape index (κ2) is 5.40. The number of allylic oxidation sites excluding steroid dienone is 1. The molecule has 0 N–H and O–H groups in total. The first kappa shape index (κ1) is 14.8. The highest BCUT2D eigenvalue weighted by Gasteiger charge is 2.63. The molecule has 6 nitrogen and oxygen atoms in total. The first-order valence-electron chi connectivity index (χ1n) is 8.08. The Morgan fingerprint density at radius 1 is 1.12 bits per heavy atom. The number of Topliss-reactive ketones (excluding diaryl/α,β-unsaturated/α-hetero) is 1. The monoisotopic (exact) mass is 323 g/mol. The van der Waals surface area contributed by atoms with Crippen LogP contribution in [0.3, 0.4) is 0 Å². The average Bonchev–Trinajstić information content (AvgIpc) is 3.08. The van der Waals surface area contributed by atoms with E-state index in [1.807, 2.05) is 12.1 Å². The van der Waals surface area contributed by atoms with Gasteiger partial charge in [0.2, 0.25) is 11.8 Å². The molecule has 2 saturated heterocycles. The van der Waals surface area contributed by atoms with Gasteiger partial charge < -0.3 is 0 Å². The molecular weight excluding hydrogens is 306 g/mol. The Kier molecular flexibility index (Phi) is 3.33. The molecule has 3 heterocycles. The van der Waals surface area contributed by atoms with Crippen LogP contribution in [0.1, 0.15) is 17.3 Å². The maximum atomic E-state index is 13.1. The molecule has 0 aliphatic carbocycles. The van der Waals surface area contributed by atoms with E-state index < -0.39 is 17.9 Å². The molecule has 2 amide bonds. The normalized spacial score (nSPS) is 30.7. The van der Waals surface area contributed by atoms with E-state index in [1.54, 1.807) is 48.5 Å². The summed E-state index contributed by atoms with van der Waals surface area (Å²) in [5.74, 6) is -1.84. The minimum atomic E-state index is -0.739. The molecule has 0 aromatic heterocycles. The van der Waals surface area contributed by atoms with Gasteiger partial charge in [-0.05, 0) is 13.0 Å². The molecular formula is C18H17N3O3. The van der Waals surface area contributed by atoms with Gasteiger partial charge in [-0.15, -0.1) is 0 Å². The Hall–Kier alpha value is -2.76. The zero-order valence-corrected chi connectivity index (χ0v) is 13.2. The first-order chi connectivity index (χ1) is 11.6. The molecule has 3 aliphatic heterocycles. The number of hydrogen-bond acceptors (Lipinski definition) is 5. The Balaban J connectivity index is 1.79. The zero-order chi connectivity index (χ0) is 16.8. The van der Waals surface area contributed by atoms with Crippen LogP contribution in [0.15, 0.2) is 47.6 Å². The van der Waals surface area contributed by atoms with E-state index in [4.69, 9.17) is 0 Å². The fraction of sp³-hybridized carbons (Fsp3) is 0.333. The number of carbonyl (C=O) groups excluding carboxylic acids is 3. The molecule has 0 radical (unpaired) electrons. The van der Waals surface area contributed by atoms with Gasteiger partial charge in [0.25, 0.3) is 0 Å². The SMILES string of the molecule is CCN1C(=O)[C@@H]2[C@H](C1=O)[C@@H](C(=O)c1ccccc1)N1N=CC=C[C@H]21. The Morgan fingerprint density at radius 3 is 2.54 bits per heavy atom. The van der Waals surface area contributed by atoms with Crippen molar-refractivity contribution in [2.24, 2.45) is 16.9 Å². The van der Waals surface area contributed by atoms with Crippen LogP contribution in [-0.4, -0.2) is 52.3 Å². The minimum absolute atomic E-state index is 0.167. The summed E-state index contributed by atoms with van der Waals surface area (Å²) in [4.78, 5) is 39.8. The van der Waals surface area contributed by atoms with E-state index in [0.29, 0.717) is 12.1 Å². The van der Waals surface area contributed by atoms with E-state index in [2.05, 4.69) is 5.10 Å². The van der Waals surface area contributed by atoms with E-state index >= 15 is 0 Å². The topological polar surface area (TPSA) is 70.1 Å². The lowest BCUT2D eigenvalue weighted by Gasteiger charge is -2.30. The highest BCUT2D eigenvalue weighted by atomic mass is 16.2. The van der Waals surface area contributed by atoms with E-state index in [0.717, 1.165) is 0 Å². The van der Waals surface area contributed by atoms with Crippen molar-refractivity contribution in [1.29, 1.82) is 0 Å². The van der Waals surface area contributed by atoms with Gasteiger partial charge in [-0.1, -0.05) is 36.4 Å². The third kappa shape index (κ3) is 1.89. The van der Waals surface area contributed by atoms with Crippen molar-refractivity contribution in [3.8, 4) is 0 Å². The zero-order valence-electron chi connectivity index (χ0n) is 13.2. The lowest BCUT2D eigenvalue weighted by Crippen LogP contribution is -2.45. The summed E-state index contributed by atoms with van der Waals surface area (Å²) in [6, 6.07) is 7.79. The molecule has 0 unspecified atom stereocenters. The summed E-state index contributed by atoms with van der Waals surface area (Å²) in [5, 5.41) is 5.93. The molecule has 6 heteroatoms. The Labute approximate surface area is 139 Å². The number of likely N-dealkylation sites (tertiary alicyclic amines) is 1. The van der Waals surface area contributed by atoms with Crippen molar-refractivity contribution >= 4 is 23.8 Å². The number of nitrogens with zero attached hydrogens (tertiary/aromatic N) is 3. The van der Waals surface area contributed by atoms with E-state index in [9.17, 15) is 14.4 Å². The predicted octanol–water partition coefficient (Wildman–Crippen LogP) is 1.10. The third-order valence-electron chi connectivity index (χ3n) is 5.03. The summed E-state index contributed by atoms with van der Waals surface area (Å²) >= 11 is 0. The van der Waals surface area contributed by atoms with Gasteiger partial charge in [0.15, 0.2) is 5.78 Å². The summed E-state index contributed by atoms with van der Waals surface area (Å²) in [6.07, 6.45) is 5.21. The van der Waals surface area contributed by atoms with Gasteiger partial charge in [0.1, 0.15) is 6.04 Å².